The fourth-order valence-electron chi connectivity index (χ4n) is 4.86. The van der Waals surface area contributed by atoms with Gasteiger partial charge in [-0.25, -0.2) is 4.98 Å². The molecule has 5 rings (SSSR count). The topological polar surface area (TPSA) is 90.3 Å². The Bertz CT molecular complexity index is 1530. The minimum absolute atomic E-state index is 0.0797. The summed E-state index contributed by atoms with van der Waals surface area (Å²) in [6.07, 6.45) is 5.44. The summed E-state index contributed by atoms with van der Waals surface area (Å²) in [7, 11) is 1.58. The number of amides is 1. The van der Waals surface area contributed by atoms with Crippen molar-refractivity contribution in [3.05, 3.63) is 99.8 Å². The van der Waals surface area contributed by atoms with Crippen molar-refractivity contribution in [3.8, 4) is 5.75 Å². The van der Waals surface area contributed by atoms with E-state index in [0.717, 1.165) is 31.2 Å². The first-order valence-corrected chi connectivity index (χ1v) is 14.2. The molecule has 1 heterocycles. The van der Waals surface area contributed by atoms with Crippen LogP contribution in [0.4, 0.5) is 0 Å². The molecule has 7 nitrogen and oxygen atoms in total. The lowest BCUT2D eigenvalue weighted by Crippen LogP contribution is -2.36. The van der Waals surface area contributed by atoms with Gasteiger partial charge in [-0.2, -0.15) is 0 Å². The number of ketones is 1. The van der Waals surface area contributed by atoms with Crippen LogP contribution in [0, 0.1) is 0 Å². The Kier molecular flexibility index (Phi) is 8.42. The molecule has 0 unspecified atom stereocenters. The minimum Gasteiger partial charge on any atom is -0.497 e. The van der Waals surface area contributed by atoms with Crippen LogP contribution >= 0.6 is 11.8 Å². The van der Waals surface area contributed by atoms with E-state index in [1.54, 1.807) is 54.1 Å². The van der Waals surface area contributed by atoms with E-state index in [1.807, 2.05) is 30.3 Å². The Hall–Kier alpha value is -3.91. The second kappa shape index (κ2) is 12.3. The zero-order valence-corrected chi connectivity index (χ0v) is 22.7. The molecule has 1 fully saturated rings. The van der Waals surface area contributed by atoms with Crippen LogP contribution < -0.4 is 15.6 Å². The second-order valence-corrected chi connectivity index (χ2v) is 10.7. The van der Waals surface area contributed by atoms with Crippen LogP contribution in [-0.2, 0) is 6.54 Å². The Morgan fingerprint density at radius 3 is 2.41 bits per heavy atom. The van der Waals surface area contributed by atoms with Crippen LogP contribution in [0.2, 0.25) is 0 Å². The van der Waals surface area contributed by atoms with Gasteiger partial charge in [-0.3, -0.25) is 19.0 Å². The summed E-state index contributed by atoms with van der Waals surface area (Å²) < 4.78 is 6.78. The Morgan fingerprint density at radius 2 is 1.69 bits per heavy atom. The number of hydrogen-bond donors (Lipinski definition) is 1. The van der Waals surface area contributed by atoms with E-state index in [1.165, 1.54) is 18.2 Å². The average Bonchev–Trinajstić information content (AvgIpc) is 2.98. The number of Topliss-reactive ketones (excluding diaryl/α,β-unsaturated/α-hetero) is 1. The van der Waals surface area contributed by atoms with E-state index >= 15 is 0 Å². The van der Waals surface area contributed by atoms with Crippen molar-refractivity contribution in [2.24, 2.45) is 0 Å². The van der Waals surface area contributed by atoms with Gasteiger partial charge in [0.2, 0.25) is 0 Å². The number of hydrogen-bond acceptors (Lipinski definition) is 6. The maximum Gasteiger partial charge on any atom is 0.262 e. The lowest BCUT2D eigenvalue weighted by atomic mass is 9.95. The van der Waals surface area contributed by atoms with Crippen LogP contribution in [0.3, 0.4) is 0 Å². The average molecular weight is 542 g/mol. The smallest absolute Gasteiger partial charge is 0.262 e. The number of nitrogens with one attached hydrogen (secondary N) is 1. The maximum atomic E-state index is 13.6. The highest BCUT2D eigenvalue weighted by atomic mass is 32.2. The van der Waals surface area contributed by atoms with E-state index in [2.05, 4.69) is 5.32 Å². The first kappa shape index (κ1) is 26.7. The molecule has 1 N–H and O–H groups in total. The SMILES string of the molecule is COc1ccc(C(=O)CSc2nc3cc(C(=O)NC4CCCCC4)ccc3c(=O)n2Cc2ccccc2)cc1. The largest absolute Gasteiger partial charge is 0.497 e. The van der Waals surface area contributed by atoms with Crippen LogP contribution in [0.1, 0.15) is 58.4 Å². The quantitative estimate of drug-likeness (QED) is 0.171. The van der Waals surface area contributed by atoms with E-state index in [-0.39, 0.29) is 29.0 Å². The van der Waals surface area contributed by atoms with Crippen LogP contribution in [0.15, 0.2) is 82.7 Å². The number of ether oxygens (including phenoxy) is 1. The maximum absolute atomic E-state index is 13.6. The molecule has 4 aromatic rings. The number of nitrogens with zero attached hydrogens (tertiary/aromatic N) is 2. The molecule has 0 aliphatic heterocycles. The van der Waals surface area contributed by atoms with Crippen molar-refractivity contribution >= 4 is 34.4 Å². The van der Waals surface area contributed by atoms with Gasteiger partial charge in [0.25, 0.3) is 11.5 Å². The first-order valence-electron chi connectivity index (χ1n) is 13.2. The zero-order valence-electron chi connectivity index (χ0n) is 21.9. The summed E-state index contributed by atoms with van der Waals surface area (Å²) in [4.78, 5) is 44.3. The number of aromatic nitrogens is 2. The van der Waals surface area contributed by atoms with Crippen molar-refractivity contribution in [2.45, 2.75) is 49.8 Å². The monoisotopic (exact) mass is 541 g/mol. The van der Waals surface area contributed by atoms with E-state index in [9.17, 15) is 14.4 Å². The third-order valence-corrected chi connectivity index (χ3v) is 8.03. The van der Waals surface area contributed by atoms with Crippen LogP contribution in [-0.4, -0.2) is 40.1 Å². The molecular weight excluding hydrogens is 510 g/mol. The third kappa shape index (κ3) is 6.40. The van der Waals surface area contributed by atoms with Gasteiger partial charge in [0, 0.05) is 17.2 Å². The van der Waals surface area contributed by atoms with Crippen molar-refractivity contribution in [1.29, 1.82) is 0 Å². The van der Waals surface area contributed by atoms with Gasteiger partial charge in [-0.15, -0.1) is 0 Å². The van der Waals surface area contributed by atoms with Crippen molar-refractivity contribution < 1.29 is 14.3 Å². The highest BCUT2D eigenvalue weighted by molar-refractivity contribution is 7.99. The van der Waals surface area contributed by atoms with E-state index < -0.39 is 0 Å². The van der Waals surface area contributed by atoms with Crippen LogP contribution in [0.5, 0.6) is 5.75 Å². The molecule has 1 aromatic heterocycles. The van der Waals surface area contributed by atoms with Gasteiger partial charge < -0.3 is 10.1 Å². The van der Waals surface area contributed by atoms with Gasteiger partial charge in [-0.1, -0.05) is 61.4 Å². The summed E-state index contributed by atoms with van der Waals surface area (Å²) in [6.45, 7) is 0.325. The molecule has 1 aliphatic carbocycles. The fourth-order valence-corrected chi connectivity index (χ4v) is 5.76. The number of fused-ring (bicyclic) bond motifs is 1. The number of carbonyl (C=O) groups is 2. The molecule has 200 valence electrons. The van der Waals surface area contributed by atoms with Crippen LogP contribution in [0.25, 0.3) is 10.9 Å². The highest BCUT2D eigenvalue weighted by Gasteiger charge is 2.19. The molecular formula is C31H31N3O4S. The zero-order chi connectivity index (χ0) is 27.2. The molecule has 0 radical (unpaired) electrons. The number of carbonyl (C=O) groups excluding carboxylic acids is 2. The Labute approximate surface area is 231 Å². The molecule has 0 spiro atoms. The van der Waals surface area contributed by atoms with Gasteiger partial charge in [0.15, 0.2) is 10.9 Å². The highest BCUT2D eigenvalue weighted by Crippen LogP contribution is 2.23. The molecule has 3 aromatic carbocycles. The number of thioether (sulfide) groups is 1. The third-order valence-electron chi connectivity index (χ3n) is 7.05. The normalized spacial score (nSPS) is 13.8. The second-order valence-electron chi connectivity index (χ2n) is 9.75. The number of benzene rings is 3. The lowest BCUT2D eigenvalue weighted by Gasteiger charge is -2.22. The summed E-state index contributed by atoms with van der Waals surface area (Å²) in [5.74, 6) is 0.559. The molecule has 0 bridgehead atoms. The molecule has 1 amide bonds. The van der Waals surface area contributed by atoms with Crippen molar-refractivity contribution in [3.63, 3.8) is 0 Å². The summed E-state index contributed by atoms with van der Waals surface area (Å²) >= 11 is 1.22. The molecule has 1 aliphatic rings. The lowest BCUT2D eigenvalue weighted by molar-refractivity contribution is 0.0927. The Morgan fingerprint density at radius 1 is 0.974 bits per heavy atom. The molecule has 1 saturated carbocycles. The summed E-state index contributed by atoms with van der Waals surface area (Å²) in [5.41, 5.74) is 2.23. The predicted octanol–water partition coefficient (Wildman–Crippen LogP) is 5.49. The van der Waals surface area contributed by atoms with Crippen molar-refractivity contribution in [2.75, 3.05) is 12.9 Å². The number of rotatable bonds is 9. The van der Waals surface area contributed by atoms with Gasteiger partial charge in [-0.05, 0) is 60.9 Å². The molecule has 39 heavy (non-hydrogen) atoms. The predicted molar refractivity (Wildman–Crippen MR) is 154 cm³/mol. The minimum atomic E-state index is -0.206. The van der Waals surface area contributed by atoms with E-state index in [0.29, 0.717) is 39.5 Å². The molecule has 8 heteroatoms. The number of methoxy groups -OCH3 is 1. The Balaban J connectivity index is 1.45. The molecule has 0 atom stereocenters. The van der Waals surface area contributed by atoms with Gasteiger partial charge in [0.05, 0.1) is 30.3 Å². The van der Waals surface area contributed by atoms with Crippen molar-refractivity contribution in [1.82, 2.24) is 14.9 Å². The molecule has 0 saturated heterocycles. The van der Waals surface area contributed by atoms with E-state index in [4.69, 9.17) is 9.72 Å². The summed E-state index contributed by atoms with van der Waals surface area (Å²) in [5, 5.41) is 4.00. The first-order chi connectivity index (χ1) is 19.0. The summed E-state index contributed by atoms with van der Waals surface area (Å²) in [6, 6.07) is 21.9. The standard InChI is InChI=1S/C31H31N3O4S/c1-38-25-15-12-22(13-16-25)28(35)20-39-31-33-27-18-23(29(36)32-24-10-6-3-7-11-24)14-17-26(27)30(37)34(31)19-21-8-4-2-5-9-21/h2,4-5,8-9,12-18,24H,3,6-7,10-11,19-20H2,1H3,(H,32,36). The van der Waals surface area contributed by atoms with Gasteiger partial charge in [0.1, 0.15) is 5.75 Å². The van der Waals surface area contributed by atoms with Gasteiger partial charge >= 0.3 is 0 Å². The fraction of sp³-hybridized carbons (Fsp3) is 0.290.